The molecule has 0 aliphatic carbocycles. The molecule has 1 saturated heterocycles. The second-order valence-electron chi connectivity index (χ2n) is 7.69. The van der Waals surface area contributed by atoms with E-state index in [4.69, 9.17) is 9.47 Å². The number of amides is 1. The van der Waals surface area contributed by atoms with Crippen LogP contribution in [-0.2, 0) is 9.59 Å². The van der Waals surface area contributed by atoms with E-state index < -0.39 is 17.7 Å². The molecule has 0 spiro atoms. The molecule has 0 bridgehead atoms. The Morgan fingerprint density at radius 3 is 2.24 bits per heavy atom. The molecule has 1 heterocycles. The first-order chi connectivity index (χ1) is 16.0. The highest BCUT2D eigenvalue weighted by Crippen LogP contribution is 2.42. The largest absolute Gasteiger partial charge is 0.507 e. The Bertz CT molecular complexity index is 1220. The number of aliphatic hydroxyl groups is 1. The molecule has 3 aromatic rings. The highest BCUT2D eigenvalue weighted by molar-refractivity contribution is 6.51. The second kappa shape index (κ2) is 9.20. The van der Waals surface area contributed by atoms with Gasteiger partial charge in [0.15, 0.2) is 0 Å². The molecule has 1 fully saturated rings. The van der Waals surface area contributed by atoms with Gasteiger partial charge in [0.25, 0.3) is 11.7 Å². The standard InChI is InChI=1S/C27H25NO5/c1-4-33-20-12-10-18(11-13-20)24-23(25(29)22-15-14-21(32-3)16-17(22)2)26(30)27(31)28(24)19-8-6-5-7-9-19/h5-16,24,29H,4H2,1-3H3/b25-23-. The SMILES string of the molecule is CCOc1ccc(C2/C(=C(/O)c3ccc(OC)cc3C)C(=O)C(=O)N2c2ccccc2)cc1. The summed E-state index contributed by atoms with van der Waals surface area (Å²) < 4.78 is 10.8. The lowest BCUT2D eigenvalue weighted by molar-refractivity contribution is -0.132. The Balaban J connectivity index is 1.91. The van der Waals surface area contributed by atoms with Crippen LogP contribution in [0.5, 0.6) is 11.5 Å². The molecule has 0 saturated carbocycles. The summed E-state index contributed by atoms with van der Waals surface area (Å²) in [4.78, 5) is 27.8. The maximum absolute atomic E-state index is 13.2. The van der Waals surface area contributed by atoms with E-state index in [1.165, 1.54) is 4.90 Å². The zero-order chi connectivity index (χ0) is 23.5. The Labute approximate surface area is 192 Å². The van der Waals surface area contributed by atoms with Crippen molar-refractivity contribution in [2.45, 2.75) is 19.9 Å². The summed E-state index contributed by atoms with van der Waals surface area (Å²) >= 11 is 0. The normalized spacial score (nSPS) is 17.3. The first-order valence-corrected chi connectivity index (χ1v) is 10.7. The van der Waals surface area contributed by atoms with Crippen molar-refractivity contribution in [1.82, 2.24) is 0 Å². The van der Waals surface area contributed by atoms with E-state index in [0.29, 0.717) is 34.9 Å². The first-order valence-electron chi connectivity index (χ1n) is 10.7. The maximum atomic E-state index is 13.2. The number of carbonyl (C=O) groups excluding carboxylic acids is 2. The van der Waals surface area contributed by atoms with Crippen molar-refractivity contribution in [3.05, 3.63) is 95.1 Å². The fraction of sp³-hybridized carbons (Fsp3) is 0.185. The van der Waals surface area contributed by atoms with Gasteiger partial charge in [-0.2, -0.15) is 0 Å². The predicted molar refractivity (Wildman–Crippen MR) is 127 cm³/mol. The van der Waals surface area contributed by atoms with Crippen molar-refractivity contribution >= 4 is 23.1 Å². The number of nitrogens with zero attached hydrogens (tertiary/aromatic N) is 1. The smallest absolute Gasteiger partial charge is 0.300 e. The second-order valence-corrected chi connectivity index (χ2v) is 7.69. The minimum absolute atomic E-state index is 0.0429. The Hall–Kier alpha value is -4.06. The topological polar surface area (TPSA) is 76.1 Å². The fourth-order valence-electron chi connectivity index (χ4n) is 4.09. The van der Waals surface area contributed by atoms with Crippen LogP contribution in [0.25, 0.3) is 5.76 Å². The van der Waals surface area contributed by atoms with Crippen LogP contribution in [0.2, 0.25) is 0 Å². The summed E-state index contributed by atoms with van der Waals surface area (Å²) in [6, 6.07) is 20.6. The van der Waals surface area contributed by atoms with E-state index in [1.807, 2.05) is 32.0 Å². The molecule has 0 radical (unpaired) electrons. The third kappa shape index (κ3) is 4.07. The van der Waals surface area contributed by atoms with Gasteiger partial charge in [-0.1, -0.05) is 30.3 Å². The van der Waals surface area contributed by atoms with Gasteiger partial charge in [0, 0.05) is 11.3 Å². The van der Waals surface area contributed by atoms with Crippen molar-refractivity contribution in [3.8, 4) is 11.5 Å². The Morgan fingerprint density at radius 1 is 0.970 bits per heavy atom. The molecular weight excluding hydrogens is 418 g/mol. The van der Waals surface area contributed by atoms with Gasteiger partial charge < -0.3 is 14.6 Å². The lowest BCUT2D eigenvalue weighted by Crippen LogP contribution is -2.29. The van der Waals surface area contributed by atoms with Crippen LogP contribution in [-0.4, -0.2) is 30.5 Å². The summed E-state index contributed by atoms with van der Waals surface area (Å²) in [5.41, 5.74) is 2.50. The van der Waals surface area contributed by atoms with Gasteiger partial charge in [0.1, 0.15) is 17.3 Å². The third-order valence-corrected chi connectivity index (χ3v) is 5.67. The molecule has 33 heavy (non-hydrogen) atoms. The minimum Gasteiger partial charge on any atom is -0.507 e. The molecule has 1 unspecified atom stereocenters. The van der Waals surface area contributed by atoms with Crippen LogP contribution < -0.4 is 14.4 Å². The summed E-state index contributed by atoms with van der Waals surface area (Å²) in [5.74, 6) is -0.315. The minimum atomic E-state index is -0.787. The van der Waals surface area contributed by atoms with Crippen LogP contribution in [0.15, 0.2) is 78.4 Å². The molecular formula is C27H25NO5. The van der Waals surface area contributed by atoms with Crippen molar-refractivity contribution in [2.75, 3.05) is 18.6 Å². The number of carbonyl (C=O) groups is 2. The number of methoxy groups -OCH3 is 1. The number of ketones is 1. The van der Waals surface area contributed by atoms with Gasteiger partial charge in [-0.25, -0.2) is 0 Å². The van der Waals surface area contributed by atoms with E-state index in [9.17, 15) is 14.7 Å². The number of para-hydroxylation sites is 1. The highest BCUT2D eigenvalue weighted by atomic mass is 16.5. The number of aliphatic hydroxyl groups excluding tert-OH is 1. The molecule has 1 atom stereocenters. The maximum Gasteiger partial charge on any atom is 0.300 e. The lowest BCUT2D eigenvalue weighted by Gasteiger charge is -2.25. The van der Waals surface area contributed by atoms with Gasteiger partial charge in [-0.15, -0.1) is 0 Å². The van der Waals surface area contributed by atoms with E-state index in [0.717, 1.165) is 5.56 Å². The molecule has 0 aromatic heterocycles. The average Bonchev–Trinajstić information content (AvgIpc) is 3.10. The summed E-state index contributed by atoms with van der Waals surface area (Å²) in [7, 11) is 1.56. The quantitative estimate of drug-likeness (QED) is 0.329. The van der Waals surface area contributed by atoms with Crippen molar-refractivity contribution in [1.29, 1.82) is 0 Å². The van der Waals surface area contributed by atoms with Crippen LogP contribution in [0.4, 0.5) is 5.69 Å². The average molecular weight is 443 g/mol. The third-order valence-electron chi connectivity index (χ3n) is 5.67. The molecule has 1 amide bonds. The van der Waals surface area contributed by atoms with Crippen LogP contribution in [0.1, 0.15) is 29.7 Å². The van der Waals surface area contributed by atoms with E-state index in [-0.39, 0.29) is 11.3 Å². The van der Waals surface area contributed by atoms with Gasteiger partial charge in [0.2, 0.25) is 0 Å². The first kappa shape index (κ1) is 22.1. The van der Waals surface area contributed by atoms with Crippen LogP contribution in [0, 0.1) is 6.92 Å². The lowest BCUT2D eigenvalue weighted by atomic mass is 9.93. The van der Waals surface area contributed by atoms with Crippen molar-refractivity contribution < 1.29 is 24.2 Å². The Morgan fingerprint density at radius 2 is 1.64 bits per heavy atom. The van der Waals surface area contributed by atoms with Gasteiger partial charge in [0.05, 0.1) is 25.3 Å². The molecule has 4 rings (SSSR count). The van der Waals surface area contributed by atoms with E-state index in [1.54, 1.807) is 61.7 Å². The number of aryl methyl sites for hydroxylation is 1. The zero-order valence-electron chi connectivity index (χ0n) is 18.7. The summed E-state index contributed by atoms with van der Waals surface area (Å²) in [5, 5.41) is 11.3. The molecule has 1 N–H and O–H groups in total. The molecule has 1 aliphatic rings. The summed E-state index contributed by atoms with van der Waals surface area (Å²) in [6.45, 7) is 4.24. The zero-order valence-corrected chi connectivity index (χ0v) is 18.7. The van der Waals surface area contributed by atoms with Gasteiger partial charge in [-0.3, -0.25) is 14.5 Å². The Kier molecular flexibility index (Phi) is 6.18. The van der Waals surface area contributed by atoms with Gasteiger partial charge >= 0.3 is 0 Å². The predicted octanol–water partition coefficient (Wildman–Crippen LogP) is 5.03. The molecule has 6 heteroatoms. The monoisotopic (exact) mass is 443 g/mol. The molecule has 3 aromatic carbocycles. The van der Waals surface area contributed by atoms with E-state index >= 15 is 0 Å². The number of Topliss-reactive ketones (excluding diaryl/α,β-unsaturated/α-hetero) is 1. The van der Waals surface area contributed by atoms with Gasteiger partial charge in [-0.05, 0) is 67.4 Å². The molecule has 168 valence electrons. The number of rotatable bonds is 6. The number of anilines is 1. The number of hydrogen-bond donors (Lipinski definition) is 1. The van der Waals surface area contributed by atoms with Crippen molar-refractivity contribution in [3.63, 3.8) is 0 Å². The molecule has 6 nitrogen and oxygen atoms in total. The number of benzene rings is 3. The van der Waals surface area contributed by atoms with E-state index in [2.05, 4.69) is 0 Å². The molecule has 1 aliphatic heterocycles. The highest BCUT2D eigenvalue weighted by Gasteiger charge is 2.47. The number of hydrogen-bond acceptors (Lipinski definition) is 5. The fourth-order valence-corrected chi connectivity index (χ4v) is 4.09. The van der Waals surface area contributed by atoms with Crippen molar-refractivity contribution in [2.24, 2.45) is 0 Å². The summed E-state index contributed by atoms with van der Waals surface area (Å²) in [6.07, 6.45) is 0. The van der Waals surface area contributed by atoms with Crippen LogP contribution >= 0.6 is 0 Å². The van der Waals surface area contributed by atoms with Crippen LogP contribution in [0.3, 0.4) is 0 Å². The number of ether oxygens (including phenoxy) is 2.